The summed E-state index contributed by atoms with van der Waals surface area (Å²) in [4.78, 5) is 3.40. The van der Waals surface area contributed by atoms with Crippen molar-refractivity contribution in [2.24, 2.45) is 0 Å². The summed E-state index contributed by atoms with van der Waals surface area (Å²) in [5, 5.41) is 0. The third-order valence-electron chi connectivity index (χ3n) is 5.51. The first kappa shape index (κ1) is 23.6. The molecule has 31 heavy (non-hydrogen) atoms. The van der Waals surface area contributed by atoms with Gasteiger partial charge in [0.05, 0.1) is 40.2 Å². The van der Waals surface area contributed by atoms with E-state index >= 15 is 0 Å². The van der Waals surface area contributed by atoms with Crippen LogP contribution in [-0.2, 0) is 31.1 Å². The van der Waals surface area contributed by atoms with Crippen LogP contribution in [0.3, 0.4) is 0 Å². The lowest BCUT2D eigenvalue weighted by molar-refractivity contribution is -0.139. The highest BCUT2D eigenvalue weighted by Crippen LogP contribution is 2.37. The average Bonchev–Trinajstić information content (AvgIpc) is 2.87. The van der Waals surface area contributed by atoms with Gasteiger partial charge in [0.15, 0.2) is 9.84 Å². The molecule has 1 aliphatic heterocycles. The van der Waals surface area contributed by atoms with Gasteiger partial charge in [0.2, 0.25) is 5.88 Å². The summed E-state index contributed by atoms with van der Waals surface area (Å²) in [5.41, 5.74) is -1.93. The van der Waals surface area contributed by atoms with E-state index in [-0.39, 0.29) is 11.6 Å². The molecule has 2 aromatic rings. The van der Waals surface area contributed by atoms with Crippen molar-refractivity contribution in [3.05, 3.63) is 47.7 Å². The first-order valence-corrected chi connectivity index (χ1v) is 11.1. The molecule has 1 saturated heterocycles. The van der Waals surface area contributed by atoms with Crippen LogP contribution < -0.4 is 10.2 Å². The lowest BCUT2D eigenvalue weighted by Gasteiger charge is -2.32. The van der Waals surface area contributed by atoms with Crippen LogP contribution in [0.5, 0.6) is 5.88 Å². The number of aromatic nitrogens is 1. The first-order valence-electron chi connectivity index (χ1n) is 9.46. The zero-order valence-electron chi connectivity index (χ0n) is 17.8. The second-order valence-corrected chi connectivity index (χ2v) is 10.2. The van der Waals surface area contributed by atoms with E-state index in [1.165, 1.54) is 19.2 Å². The number of hydrogen-bond acceptors (Lipinski definition) is 6. The van der Waals surface area contributed by atoms with Gasteiger partial charge < -0.3 is 14.0 Å². The Morgan fingerprint density at radius 1 is 1.03 bits per heavy atom. The third kappa shape index (κ3) is 4.58. The Labute approximate surface area is 179 Å². The van der Waals surface area contributed by atoms with Gasteiger partial charge in [0.25, 0.3) is 0 Å². The number of benzene rings is 1. The summed E-state index contributed by atoms with van der Waals surface area (Å²) in [7, 11) is -3.75. The molecule has 6 nitrogen and oxygen atoms in total. The lowest BCUT2D eigenvalue weighted by Crippen LogP contribution is -2.41. The molecular weight excluding hydrogens is 434 g/mol. The molecule has 0 radical (unpaired) electrons. The minimum atomic E-state index is -4.80. The van der Waals surface area contributed by atoms with Crippen LogP contribution in [0.1, 0.15) is 39.0 Å². The SMILES string of the molecule is COc1nc(CS(=O)(=O)c2ccccc2C(F)(F)F)ccc1B1OC(C)(C)C(C)(C)O1. The minimum Gasteiger partial charge on any atom is -0.481 e. The van der Waals surface area contributed by atoms with Crippen LogP contribution in [-0.4, -0.2) is 38.8 Å². The molecular formula is C20H23BF3NO5S. The first-order chi connectivity index (χ1) is 14.2. The summed E-state index contributed by atoms with van der Waals surface area (Å²) in [6.45, 7) is 7.52. The van der Waals surface area contributed by atoms with Crippen molar-refractivity contribution in [2.75, 3.05) is 7.11 Å². The lowest BCUT2D eigenvalue weighted by atomic mass is 9.79. The summed E-state index contributed by atoms with van der Waals surface area (Å²) >= 11 is 0. The number of sulfone groups is 1. The smallest absolute Gasteiger partial charge is 0.481 e. The highest BCUT2D eigenvalue weighted by Gasteiger charge is 2.52. The van der Waals surface area contributed by atoms with Crippen molar-refractivity contribution >= 4 is 22.4 Å². The van der Waals surface area contributed by atoms with E-state index < -0.39 is 50.5 Å². The molecule has 1 aromatic carbocycles. The Balaban J connectivity index is 1.93. The zero-order valence-corrected chi connectivity index (χ0v) is 18.6. The molecule has 0 amide bonds. The highest BCUT2D eigenvalue weighted by molar-refractivity contribution is 7.90. The molecule has 2 heterocycles. The van der Waals surface area contributed by atoms with Crippen LogP contribution >= 0.6 is 0 Å². The van der Waals surface area contributed by atoms with Crippen molar-refractivity contribution in [3.8, 4) is 5.88 Å². The maximum Gasteiger partial charge on any atom is 0.500 e. The van der Waals surface area contributed by atoms with Gasteiger partial charge in [-0.3, -0.25) is 0 Å². The van der Waals surface area contributed by atoms with Crippen LogP contribution in [0.25, 0.3) is 0 Å². The number of halogens is 3. The van der Waals surface area contributed by atoms with E-state index in [0.29, 0.717) is 5.46 Å². The summed E-state index contributed by atoms with van der Waals surface area (Å²) in [5.74, 6) is -0.643. The minimum absolute atomic E-state index is 0.0362. The number of methoxy groups -OCH3 is 1. The van der Waals surface area contributed by atoms with Crippen molar-refractivity contribution in [2.45, 2.75) is 55.7 Å². The molecule has 0 aliphatic carbocycles. The maximum absolute atomic E-state index is 13.3. The third-order valence-corrected chi connectivity index (χ3v) is 7.22. The topological polar surface area (TPSA) is 74.7 Å². The molecule has 1 aliphatic rings. The van der Waals surface area contributed by atoms with E-state index in [4.69, 9.17) is 14.0 Å². The fourth-order valence-electron chi connectivity index (χ4n) is 3.13. The predicted molar refractivity (Wildman–Crippen MR) is 109 cm³/mol. The molecule has 0 atom stereocenters. The van der Waals surface area contributed by atoms with Gasteiger partial charge in [0, 0.05) is 5.46 Å². The number of pyridine rings is 1. The second kappa shape index (κ2) is 7.79. The quantitative estimate of drug-likeness (QED) is 0.641. The molecule has 11 heteroatoms. The van der Waals surface area contributed by atoms with Crippen LogP contribution in [0, 0.1) is 0 Å². The Hall–Kier alpha value is -2.11. The average molecular weight is 457 g/mol. The molecule has 1 aromatic heterocycles. The normalized spacial score (nSPS) is 18.3. The Kier molecular flexibility index (Phi) is 5.92. The standard InChI is InChI=1S/C20H23BF3NO5S/c1-18(2)19(3,4)30-21(29-18)15-11-10-13(25-17(15)28-5)12-31(26,27)16-9-7-6-8-14(16)20(22,23)24/h6-11H,12H2,1-5H3. The van der Waals surface area contributed by atoms with E-state index in [9.17, 15) is 21.6 Å². The van der Waals surface area contributed by atoms with Gasteiger partial charge in [-0.25, -0.2) is 13.4 Å². The largest absolute Gasteiger partial charge is 0.500 e. The highest BCUT2D eigenvalue weighted by atomic mass is 32.2. The van der Waals surface area contributed by atoms with Gasteiger partial charge >= 0.3 is 13.3 Å². The van der Waals surface area contributed by atoms with Gasteiger partial charge in [0.1, 0.15) is 0 Å². The van der Waals surface area contributed by atoms with Crippen molar-refractivity contribution in [3.63, 3.8) is 0 Å². The van der Waals surface area contributed by atoms with Crippen LogP contribution in [0.4, 0.5) is 13.2 Å². The molecule has 0 bridgehead atoms. The summed E-state index contributed by atoms with van der Waals surface area (Å²) in [6.07, 6.45) is -4.80. The molecule has 3 rings (SSSR count). The van der Waals surface area contributed by atoms with Gasteiger partial charge in [-0.1, -0.05) is 18.2 Å². The van der Waals surface area contributed by atoms with Crippen molar-refractivity contribution in [1.82, 2.24) is 4.98 Å². The maximum atomic E-state index is 13.3. The fraction of sp³-hybridized carbons (Fsp3) is 0.450. The van der Waals surface area contributed by atoms with Crippen LogP contribution in [0.15, 0.2) is 41.3 Å². The second-order valence-electron chi connectivity index (χ2n) is 8.24. The van der Waals surface area contributed by atoms with E-state index in [1.807, 2.05) is 27.7 Å². The predicted octanol–water partition coefficient (Wildman–Crippen LogP) is 3.38. The van der Waals surface area contributed by atoms with Gasteiger partial charge in [-0.2, -0.15) is 13.2 Å². The molecule has 0 N–H and O–H groups in total. The number of nitrogens with zero attached hydrogens (tertiary/aromatic N) is 1. The Morgan fingerprint density at radius 2 is 1.61 bits per heavy atom. The number of ether oxygens (including phenoxy) is 1. The van der Waals surface area contributed by atoms with Gasteiger partial charge in [-0.05, 0) is 45.9 Å². The fourth-order valence-corrected chi connectivity index (χ4v) is 4.64. The van der Waals surface area contributed by atoms with E-state index in [0.717, 1.165) is 18.2 Å². The Morgan fingerprint density at radius 3 is 2.16 bits per heavy atom. The molecule has 0 unspecified atom stereocenters. The van der Waals surface area contributed by atoms with Crippen molar-refractivity contribution in [1.29, 1.82) is 0 Å². The van der Waals surface area contributed by atoms with E-state index in [2.05, 4.69) is 4.98 Å². The van der Waals surface area contributed by atoms with Crippen LogP contribution in [0.2, 0.25) is 0 Å². The van der Waals surface area contributed by atoms with Crippen molar-refractivity contribution < 1.29 is 35.6 Å². The number of alkyl halides is 3. The monoisotopic (exact) mass is 457 g/mol. The molecule has 0 saturated carbocycles. The summed E-state index contributed by atoms with van der Waals surface area (Å²) in [6, 6.07) is 7.03. The number of rotatable bonds is 5. The molecule has 1 fully saturated rings. The Bertz CT molecular complexity index is 1070. The molecule has 168 valence electrons. The molecule has 0 spiro atoms. The number of hydrogen-bond donors (Lipinski definition) is 0. The van der Waals surface area contributed by atoms with Gasteiger partial charge in [-0.15, -0.1) is 0 Å². The summed E-state index contributed by atoms with van der Waals surface area (Å²) < 4.78 is 82.5. The zero-order chi connectivity index (χ0) is 23.2. The van der Waals surface area contributed by atoms with E-state index in [1.54, 1.807) is 6.07 Å².